The van der Waals surface area contributed by atoms with Gasteiger partial charge in [-0.25, -0.2) is 19.9 Å². The Kier molecular flexibility index (Phi) is 16.1. The fraction of sp³-hybridized carbons (Fsp3) is 0. The highest BCUT2D eigenvalue weighted by Crippen LogP contribution is 2.43. The topological polar surface area (TPSA) is 87.7 Å². The average Bonchev–Trinajstić information content (AvgIpc) is 1.63. The van der Waals surface area contributed by atoms with Crippen LogP contribution in [0.3, 0.4) is 0 Å². The van der Waals surface area contributed by atoms with Gasteiger partial charge in [0.2, 0.25) is 0 Å². The average molecular weight is 1430 g/mol. The van der Waals surface area contributed by atoms with Gasteiger partial charge in [-0.3, -0.25) is 0 Å². The fourth-order valence-corrected chi connectivity index (χ4v) is 16.2. The largest absolute Gasteiger partial charge is 0.452 e. The summed E-state index contributed by atoms with van der Waals surface area (Å²) in [5, 5.41) is 6.94. The summed E-state index contributed by atoms with van der Waals surface area (Å²) in [6, 6.07) is 141. The van der Waals surface area contributed by atoms with Crippen molar-refractivity contribution in [1.29, 1.82) is 0 Å². The molecule has 0 bridgehead atoms. The van der Waals surface area contributed by atoms with Crippen molar-refractivity contribution in [1.82, 2.24) is 29.1 Å². The Morgan fingerprint density at radius 2 is 0.446 bits per heavy atom. The molecule has 0 unspecified atom stereocenters. The zero-order valence-electron chi connectivity index (χ0n) is 60.6. The first kappa shape index (κ1) is 65.2. The molecule has 0 radical (unpaired) electrons. The quantitative estimate of drug-likeness (QED) is 0.121. The molecular formula is C104H66N6O2. The van der Waals surface area contributed by atoms with Gasteiger partial charge in [0.25, 0.3) is 0 Å². The molecule has 16 aromatic carbocycles. The summed E-state index contributed by atoms with van der Waals surface area (Å²) in [4.78, 5) is 20.6. The molecule has 0 fully saturated rings. The van der Waals surface area contributed by atoms with Gasteiger partial charge in [-0.2, -0.15) is 0 Å². The summed E-state index contributed by atoms with van der Waals surface area (Å²) in [5.74, 6) is 1.33. The third kappa shape index (κ3) is 11.7. The van der Waals surface area contributed by atoms with Gasteiger partial charge in [-0.05, 0) is 158 Å². The zero-order chi connectivity index (χ0) is 74.0. The molecule has 0 atom stereocenters. The molecule has 8 heteroatoms. The molecule has 112 heavy (non-hydrogen) atoms. The highest BCUT2D eigenvalue weighted by Gasteiger charge is 2.23. The van der Waals surface area contributed by atoms with E-state index in [0.717, 1.165) is 139 Å². The van der Waals surface area contributed by atoms with E-state index in [0.29, 0.717) is 22.8 Å². The molecule has 0 saturated heterocycles. The van der Waals surface area contributed by atoms with E-state index in [2.05, 4.69) is 361 Å². The van der Waals surface area contributed by atoms with Crippen LogP contribution in [-0.2, 0) is 0 Å². The Balaban J connectivity index is 0.000000141. The molecule has 0 aliphatic rings. The first-order chi connectivity index (χ1) is 55.5. The Hall–Kier alpha value is -15.1. The second kappa shape index (κ2) is 27.6. The van der Waals surface area contributed by atoms with Gasteiger partial charge in [0, 0.05) is 65.9 Å². The number of hydrogen-bond acceptors (Lipinski definition) is 6. The van der Waals surface area contributed by atoms with Gasteiger partial charge in [0.05, 0.1) is 22.1 Å². The number of aromatic nitrogens is 6. The lowest BCUT2D eigenvalue weighted by atomic mass is 9.98. The minimum Gasteiger partial charge on any atom is -0.452 e. The molecule has 8 nitrogen and oxygen atoms in total. The normalized spacial score (nSPS) is 11.6. The second-order valence-electron chi connectivity index (χ2n) is 28.4. The summed E-state index contributed by atoms with van der Waals surface area (Å²) in [6.07, 6.45) is 0. The highest BCUT2D eigenvalue weighted by molar-refractivity contribution is 6.12. The smallest absolute Gasteiger partial charge is 0.180 e. The molecule has 524 valence electrons. The van der Waals surface area contributed by atoms with Crippen LogP contribution in [0.2, 0.25) is 0 Å². The summed E-state index contributed by atoms with van der Waals surface area (Å²) >= 11 is 0. The maximum absolute atomic E-state index is 6.64. The second-order valence-corrected chi connectivity index (χ2v) is 28.4. The van der Waals surface area contributed by atoms with E-state index in [1.165, 1.54) is 49.2 Å². The molecule has 0 amide bonds. The minimum atomic E-state index is 0.663. The predicted octanol–water partition coefficient (Wildman–Crippen LogP) is 27.6. The van der Waals surface area contributed by atoms with Crippen molar-refractivity contribution in [2.24, 2.45) is 0 Å². The van der Waals surface area contributed by atoms with Crippen LogP contribution in [-0.4, -0.2) is 29.1 Å². The van der Waals surface area contributed by atoms with Crippen LogP contribution < -0.4 is 0 Å². The van der Waals surface area contributed by atoms with Crippen molar-refractivity contribution in [3.8, 4) is 123 Å². The van der Waals surface area contributed by atoms with Crippen molar-refractivity contribution in [2.45, 2.75) is 0 Å². The maximum Gasteiger partial charge on any atom is 0.180 e. The van der Waals surface area contributed by atoms with Crippen LogP contribution >= 0.6 is 0 Å². The van der Waals surface area contributed by atoms with Crippen molar-refractivity contribution in [3.05, 3.63) is 400 Å². The Morgan fingerprint density at radius 3 is 0.848 bits per heavy atom. The van der Waals surface area contributed by atoms with Gasteiger partial charge in [0.15, 0.2) is 22.8 Å². The van der Waals surface area contributed by atoms with E-state index in [1.54, 1.807) is 0 Å². The van der Waals surface area contributed by atoms with Crippen LogP contribution in [0.1, 0.15) is 0 Å². The first-order valence-corrected chi connectivity index (χ1v) is 37.8. The van der Waals surface area contributed by atoms with Crippen LogP contribution in [0, 0.1) is 0 Å². The number of para-hydroxylation sites is 4. The molecule has 0 saturated carbocycles. The number of fused-ring (bicyclic) bond motifs is 12. The predicted molar refractivity (Wildman–Crippen MR) is 462 cm³/mol. The van der Waals surface area contributed by atoms with Crippen molar-refractivity contribution < 1.29 is 8.83 Å². The van der Waals surface area contributed by atoms with Crippen molar-refractivity contribution >= 4 is 87.7 Å². The molecule has 22 aromatic rings. The summed E-state index contributed by atoms with van der Waals surface area (Å²) in [7, 11) is 0. The Bertz CT molecular complexity index is 7260. The molecule has 6 heterocycles. The number of benzene rings is 16. The molecule has 22 rings (SSSR count). The van der Waals surface area contributed by atoms with E-state index >= 15 is 0 Å². The zero-order valence-corrected chi connectivity index (χ0v) is 60.6. The van der Waals surface area contributed by atoms with E-state index in [1.807, 2.05) is 48.5 Å². The van der Waals surface area contributed by atoms with Gasteiger partial charge >= 0.3 is 0 Å². The molecule has 0 aliphatic carbocycles. The lowest BCUT2D eigenvalue weighted by Crippen LogP contribution is -1.94. The summed E-state index contributed by atoms with van der Waals surface area (Å²) in [6.45, 7) is 0. The van der Waals surface area contributed by atoms with Crippen LogP contribution in [0.25, 0.3) is 211 Å². The molecule has 0 aliphatic heterocycles. The number of hydrogen-bond donors (Lipinski definition) is 0. The molecular weight excluding hydrogens is 1370 g/mol. The molecule has 6 aromatic heterocycles. The van der Waals surface area contributed by atoms with Crippen molar-refractivity contribution in [3.63, 3.8) is 0 Å². The lowest BCUT2D eigenvalue weighted by Gasteiger charge is -2.11. The van der Waals surface area contributed by atoms with E-state index < -0.39 is 0 Å². The van der Waals surface area contributed by atoms with Gasteiger partial charge in [-0.1, -0.05) is 309 Å². The number of furan rings is 2. The highest BCUT2D eigenvalue weighted by atomic mass is 16.3. The van der Waals surface area contributed by atoms with E-state index in [-0.39, 0.29) is 0 Å². The standard InChI is InChI=1S/2C52H33N3O/c1-3-14-34(15-4-1)36-18-12-22-41(31-36)49-51-50(54-52(53-49)35-16-5-2-6-17-35)45-33-40(28-29-48(45)56-51)38-20-11-19-37(30-38)39-21-13-23-42(32-39)55-46-26-9-7-24-43(46)44-25-8-10-27-47(44)55;1-3-13-34(14-4-1)35-25-27-36(28-26-35)49-51-50(54-52(53-49)37-15-5-2-6-16-37)45-33-41(29-30-48(45)56-51)39-18-11-17-38(31-39)40-19-12-20-42(32-40)55-46-23-9-7-21-43(46)44-22-8-10-24-47(44)55/h2*1-33H. The third-order valence-electron chi connectivity index (χ3n) is 21.6. The van der Waals surface area contributed by atoms with Crippen LogP contribution in [0.15, 0.2) is 409 Å². The monoisotopic (exact) mass is 1430 g/mol. The van der Waals surface area contributed by atoms with Gasteiger partial charge in [0.1, 0.15) is 33.6 Å². The maximum atomic E-state index is 6.64. The number of nitrogens with zero attached hydrogens (tertiary/aromatic N) is 6. The lowest BCUT2D eigenvalue weighted by molar-refractivity contribution is 0.667. The van der Waals surface area contributed by atoms with E-state index in [9.17, 15) is 0 Å². The fourth-order valence-electron chi connectivity index (χ4n) is 16.2. The van der Waals surface area contributed by atoms with Gasteiger partial charge < -0.3 is 18.0 Å². The SMILES string of the molecule is c1ccc(-c2ccc(-c3nc(-c4ccccc4)nc4c3oc3ccc(-c5cccc(-c6cccc(-n7c8ccccc8c8ccccc87)c6)c5)cc34)cc2)cc1.c1ccc(-c2cccc(-c3nc(-c4ccccc4)nc4c3oc3ccc(-c5cccc(-c6cccc(-n7c8ccccc8c8ccccc87)c6)c5)cc34)c2)cc1. The minimum absolute atomic E-state index is 0.663. The summed E-state index contributed by atoms with van der Waals surface area (Å²) in [5.41, 5.74) is 30.6. The Labute approximate surface area is 645 Å². The van der Waals surface area contributed by atoms with E-state index in [4.69, 9.17) is 28.8 Å². The Morgan fingerprint density at radius 1 is 0.179 bits per heavy atom. The summed E-state index contributed by atoms with van der Waals surface area (Å²) < 4.78 is 18.0. The van der Waals surface area contributed by atoms with Crippen LogP contribution in [0.4, 0.5) is 0 Å². The van der Waals surface area contributed by atoms with Crippen molar-refractivity contribution in [2.75, 3.05) is 0 Å². The first-order valence-electron chi connectivity index (χ1n) is 37.8. The number of rotatable bonds is 12. The molecule has 0 N–H and O–H groups in total. The molecule has 0 spiro atoms. The van der Waals surface area contributed by atoms with Gasteiger partial charge in [-0.15, -0.1) is 0 Å². The van der Waals surface area contributed by atoms with Crippen LogP contribution in [0.5, 0.6) is 0 Å². The third-order valence-corrected chi connectivity index (χ3v) is 21.6.